The Labute approximate surface area is 177 Å². The Morgan fingerprint density at radius 3 is 2.63 bits per heavy atom. The number of Topliss-reactive ketones (excluding diaryl/α,β-unsaturated/α-hetero) is 1. The smallest absolute Gasteiger partial charge is 0.164 e. The monoisotopic (exact) mass is 431 g/mol. The van der Waals surface area contributed by atoms with E-state index in [0.29, 0.717) is 29.1 Å². The van der Waals surface area contributed by atoms with Gasteiger partial charge in [0.2, 0.25) is 0 Å². The molecule has 1 aliphatic heterocycles. The van der Waals surface area contributed by atoms with Gasteiger partial charge in [0.05, 0.1) is 5.69 Å². The van der Waals surface area contributed by atoms with E-state index in [1.54, 1.807) is 41.1 Å². The van der Waals surface area contributed by atoms with Gasteiger partial charge in [-0.15, -0.1) is 0 Å². The minimum absolute atomic E-state index is 0.0675. The standard InChI is InChI=1S/C21H22ClN3O5/c1-11(26)2-7-15-14-8-9-25(20(14)24-10-23-15)21-18(29)17(28)19(30-21)16(27)12-3-5-13(22)6-4-12/h3-6,8-10,16-19,21,27-29H,2,7H2,1H3/t16-,17?,18?,19?,21?/m1/s1. The van der Waals surface area contributed by atoms with E-state index in [2.05, 4.69) is 9.97 Å². The number of benzene rings is 1. The highest BCUT2D eigenvalue weighted by Gasteiger charge is 2.47. The fourth-order valence-corrected chi connectivity index (χ4v) is 3.87. The molecule has 1 aromatic carbocycles. The first-order valence-electron chi connectivity index (χ1n) is 9.62. The Morgan fingerprint density at radius 2 is 1.93 bits per heavy atom. The molecule has 0 spiro atoms. The van der Waals surface area contributed by atoms with Crippen molar-refractivity contribution in [1.82, 2.24) is 14.5 Å². The summed E-state index contributed by atoms with van der Waals surface area (Å²) in [5.41, 5.74) is 1.75. The molecule has 1 saturated heterocycles. The highest BCUT2D eigenvalue weighted by molar-refractivity contribution is 6.30. The number of hydrogen-bond donors (Lipinski definition) is 3. The summed E-state index contributed by atoms with van der Waals surface area (Å²) in [6, 6.07) is 8.34. The molecule has 9 heteroatoms. The minimum atomic E-state index is -1.31. The van der Waals surface area contributed by atoms with Gasteiger partial charge in [-0.1, -0.05) is 23.7 Å². The van der Waals surface area contributed by atoms with Gasteiger partial charge in [-0.25, -0.2) is 9.97 Å². The predicted octanol–water partition coefficient (Wildman–Crippen LogP) is 1.96. The number of fused-ring (bicyclic) bond motifs is 1. The molecule has 5 atom stereocenters. The van der Waals surface area contributed by atoms with Crippen LogP contribution < -0.4 is 0 Å². The van der Waals surface area contributed by atoms with Crippen molar-refractivity contribution in [3.63, 3.8) is 0 Å². The Balaban J connectivity index is 1.61. The summed E-state index contributed by atoms with van der Waals surface area (Å²) in [5.74, 6) is 0.0675. The van der Waals surface area contributed by atoms with Crippen molar-refractivity contribution in [3.05, 3.63) is 59.1 Å². The molecule has 3 heterocycles. The van der Waals surface area contributed by atoms with Crippen LogP contribution in [-0.4, -0.2) is 53.9 Å². The van der Waals surface area contributed by atoms with Crippen LogP contribution in [0.25, 0.3) is 11.0 Å². The van der Waals surface area contributed by atoms with Crippen LogP contribution in [0.5, 0.6) is 0 Å². The fraction of sp³-hybridized carbons (Fsp3) is 0.381. The Hall–Kier alpha value is -2.36. The van der Waals surface area contributed by atoms with Crippen LogP contribution in [0.1, 0.15) is 36.9 Å². The number of halogens is 1. The molecule has 1 fully saturated rings. The number of carbonyl (C=O) groups excluding carboxylic acids is 1. The largest absolute Gasteiger partial charge is 0.387 e. The summed E-state index contributed by atoms with van der Waals surface area (Å²) < 4.78 is 7.50. The third-order valence-corrected chi connectivity index (χ3v) is 5.63. The third-order valence-electron chi connectivity index (χ3n) is 5.38. The molecule has 0 aliphatic carbocycles. The van der Waals surface area contributed by atoms with E-state index in [9.17, 15) is 20.1 Å². The van der Waals surface area contributed by atoms with E-state index in [1.807, 2.05) is 0 Å². The average Bonchev–Trinajstić information content (AvgIpc) is 3.28. The summed E-state index contributed by atoms with van der Waals surface area (Å²) in [6.07, 6.45) is -1.79. The number of aliphatic hydroxyl groups is 3. The van der Waals surface area contributed by atoms with Crippen molar-refractivity contribution in [2.24, 2.45) is 0 Å². The van der Waals surface area contributed by atoms with E-state index in [1.165, 1.54) is 13.3 Å². The summed E-state index contributed by atoms with van der Waals surface area (Å²) in [6.45, 7) is 1.53. The molecule has 0 saturated carbocycles. The van der Waals surface area contributed by atoms with Gasteiger partial charge >= 0.3 is 0 Å². The van der Waals surface area contributed by atoms with E-state index in [0.717, 1.165) is 11.1 Å². The number of rotatable bonds is 6. The summed E-state index contributed by atoms with van der Waals surface area (Å²) in [4.78, 5) is 19.9. The predicted molar refractivity (Wildman–Crippen MR) is 109 cm³/mol. The zero-order valence-electron chi connectivity index (χ0n) is 16.2. The lowest BCUT2D eigenvalue weighted by Crippen LogP contribution is -2.34. The summed E-state index contributed by atoms with van der Waals surface area (Å²) >= 11 is 5.89. The van der Waals surface area contributed by atoms with Gasteiger partial charge in [-0.05, 0) is 37.1 Å². The molecule has 0 amide bonds. The molecule has 2 aromatic heterocycles. The lowest BCUT2D eigenvalue weighted by molar-refractivity contribution is -0.116. The minimum Gasteiger partial charge on any atom is -0.387 e. The quantitative estimate of drug-likeness (QED) is 0.546. The maximum Gasteiger partial charge on any atom is 0.164 e. The van der Waals surface area contributed by atoms with Crippen LogP contribution in [0.2, 0.25) is 5.02 Å². The number of aryl methyl sites for hydroxylation is 1. The average molecular weight is 432 g/mol. The number of ether oxygens (including phenoxy) is 1. The molecule has 158 valence electrons. The van der Waals surface area contributed by atoms with Crippen molar-refractivity contribution in [1.29, 1.82) is 0 Å². The van der Waals surface area contributed by atoms with Crippen LogP contribution in [-0.2, 0) is 16.0 Å². The summed E-state index contributed by atoms with van der Waals surface area (Å²) in [5, 5.41) is 33.1. The lowest BCUT2D eigenvalue weighted by Gasteiger charge is -2.21. The summed E-state index contributed by atoms with van der Waals surface area (Å²) in [7, 11) is 0. The van der Waals surface area contributed by atoms with E-state index < -0.39 is 30.6 Å². The Kier molecular flexibility index (Phi) is 5.86. The first kappa shape index (κ1) is 20.9. The highest BCUT2D eigenvalue weighted by Crippen LogP contribution is 2.37. The molecule has 3 aromatic rings. The first-order chi connectivity index (χ1) is 14.4. The van der Waals surface area contributed by atoms with Crippen molar-refractivity contribution in [2.75, 3.05) is 0 Å². The lowest BCUT2D eigenvalue weighted by atomic mass is 9.99. The second-order valence-electron chi connectivity index (χ2n) is 7.45. The zero-order chi connectivity index (χ0) is 21.4. The number of nitrogens with zero attached hydrogens (tertiary/aromatic N) is 3. The Bertz CT molecular complexity index is 1050. The molecule has 1 aliphatic rings. The fourth-order valence-electron chi connectivity index (χ4n) is 3.75. The molecule has 30 heavy (non-hydrogen) atoms. The molecule has 0 radical (unpaired) electrons. The second kappa shape index (κ2) is 8.41. The van der Waals surface area contributed by atoms with Crippen molar-refractivity contribution in [2.45, 2.75) is 50.4 Å². The molecular formula is C21H22ClN3O5. The number of aliphatic hydroxyl groups excluding tert-OH is 3. The van der Waals surface area contributed by atoms with E-state index in [-0.39, 0.29) is 5.78 Å². The molecule has 3 N–H and O–H groups in total. The zero-order valence-corrected chi connectivity index (χ0v) is 17.0. The van der Waals surface area contributed by atoms with E-state index in [4.69, 9.17) is 16.3 Å². The van der Waals surface area contributed by atoms with Crippen LogP contribution in [0.4, 0.5) is 0 Å². The SMILES string of the molecule is CC(=O)CCc1ncnc2c1ccn2C1OC([C@H](O)c2ccc(Cl)cc2)C(O)C1O. The third kappa shape index (κ3) is 3.84. The van der Waals surface area contributed by atoms with Crippen LogP contribution >= 0.6 is 11.6 Å². The normalized spacial score (nSPS) is 25.0. The Morgan fingerprint density at radius 1 is 1.20 bits per heavy atom. The van der Waals surface area contributed by atoms with Gasteiger partial charge in [0.15, 0.2) is 6.23 Å². The van der Waals surface area contributed by atoms with E-state index >= 15 is 0 Å². The van der Waals surface area contributed by atoms with Crippen molar-refractivity contribution >= 4 is 28.4 Å². The number of carbonyl (C=O) groups is 1. The molecule has 8 nitrogen and oxygen atoms in total. The van der Waals surface area contributed by atoms with Crippen LogP contribution in [0.15, 0.2) is 42.9 Å². The van der Waals surface area contributed by atoms with Gasteiger partial charge in [-0.3, -0.25) is 0 Å². The van der Waals surface area contributed by atoms with Gasteiger partial charge in [0.1, 0.15) is 42.2 Å². The number of aromatic nitrogens is 3. The van der Waals surface area contributed by atoms with Gasteiger partial charge in [0.25, 0.3) is 0 Å². The molecule has 4 rings (SSSR count). The number of hydrogen-bond acceptors (Lipinski definition) is 7. The second-order valence-corrected chi connectivity index (χ2v) is 7.89. The maximum absolute atomic E-state index is 11.3. The highest BCUT2D eigenvalue weighted by atomic mass is 35.5. The van der Waals surface area contributed by atoms with Crippen LogP contribution in [0, 0.1) is 0 Å². The first-order valence-corrected chi connectivity index (χ1v) is 9.99. The molecule has 4 unspecified atom stereocenters. The van der Waals surface area contributed by atoms with Gasteiger partial charge in [-0.2, -0.15) is 0 Å². The van der Waals surface area contributed by atoms with Crippen molar-refractivity contribution < 1.29 is 24.9 Å². The van der Waals surface area contributed by atoms with Crippen molar-refractivity contribution in [3.8, 4) is 0 Å². The van der Waals surface area contributed by atoms with Gasteiger partial charge < -0.3 is 29.4 Å². The number of ketones is 1. The molecular weight excluding hydrogens is 410 g/mol. The molecule has 0 bridgehead atoms. The van der Waals surface area contributed by atoms with Gasteiger partial charge in [0, 0.05) is 23.0 Å². The maximum atomic E-state index is 11.3. The topological polar surface area (TPSA) is 118 Å². The van der Waals surface area contributed by atoms with Crippen LogP contribution in [0.3, 0.4) is 0 Å².